The predicted molar refractivity (Wildman–Crippen MR) is 97.0 cm³/mol. The van der Waals surface area contributed by atoms with E-state index in [1.807, 2.05) is 0 Å². The third kappa shape index (κ3) is 8.75. The largest absolute Gasteiger partial charge is 0.463 e. The number of hydrogen-bond acceptors (Lipinski definition) is 13. The molecule has 1 rings (SSSR count). The zero-order valence-corrected chi connectivity index (χ0v) is 17.6. The van der Waals surface area contributed by atoms with E-state index >= 15 is 0 Å². The summed E-state index contributed by atoms with van der Waals surface area (Å²) in [5.41, 5.74) is 0. The van der Waals surface area contributed by atoms with Crippen LogP contribution in [0.4, 0.5) is 0 Å². The lowest BCUT2D eigenvalue weighted by atomic mass is 9.98. The third-order valence-corrected chi connectivity index (χ3v) is 4.01. The first kappa shape index (κ1) is 26.7. The van der Waals surface area contributed by atoms with Gasteiger partial charge in [-0.1, -0.05) is 0 Å². The molecule has 0 unspecified atom stereocenters. The number of ether oxygens (including phenoxy) is 6. The summed E-state index contributed by atoms with van der Waals surface area (Å²) < 4.78 is 31.5. The minimum absolute atomic E-state index is 0.431. The van der Waals surface area contributed by atoms with Crippen LogP contribution in [0.15, 0.2) is 0 Å². The van der Waals surface area contributed by atoms with E-state index in [0.717, 1.165) is 27.7 Å². The first-order chi connectivity index (χ1) is 14.5. The average Bonchev–Trinajstić information content (AvgIpc) is 2.66. The summed E-state index contributed by atoms with van der Waals surface area (Å²) >= 11 is 0. The number of aliphatic hydroxyl groups excluding tert-OH is 3. The number of carbonyl (C=O) groups is 4. The summed E-state index contributed by atoms with van der Waals surface area (Å²) in [7, 11) is 0. The van der Waals surface area contributed by atoms with Crippen molar-refractivity contribution in [3.8, 4) is 0 Å². The molecule has 178 valence electrons. The highest BCUT2D eigenvalue weighted by Crippen LogP contribution is 2.30. The molecule has 1 fully saturated rings. The highest BCUT2D eigenvalue weighted by atomic mass is 16.7. The van der Waals surface area contributed by atoms with E-state index in [2.05, 4.69) is 0 Å². The molecule has 13 nitrogen and oxygen atoms in total. The predicted octanol–water partition coefficient (Wildman–Crippen LogP) is -2.20. The first-order valence-corrected chi connectivity index (χ1v) is 9.35. The second-order valence-electron chi connectivity index (χ2n) is 6.72. The number of aliphatic hydroxyl groups is 3. The molecule has 1 heterocycles. The Morgan fingerprint density at radius 3 is 1.81 bits per heavy atom. The van der Waals surface area contributed by atoms with Crippen LogP contribution in [0.5, 0.6) is 0 Å². The monoisotopic (exact) mass is 452 g/mol. The van der Waals surface area contributed by atoms with Gasteiger partial charge in [-0.3, -0.25) is 19.2 Å². The third-order valence-electron chi connectivity index (χ3n) is 4.01. The Morgan fingerprint density at radius 2 is 1.32 bits per heavy atom. The molecule has 7 atom stereocenters. The molecule has 1 saturated heterocycles. The van der Waals surface area contributed by atoms with E-state index in [-0.39, 0.29) is 0 Å². The molecule has 0 amide bonds. The summed E-state index contributed by atoms with van der Waals surface area (Å²) in [5.74, 6) is -3.06. The minimum Gasteiger partial charge on any atom is -0.463 e. The fourth-order valence-corrected chi connectivity index (χ4v) is 2.75. The standard InChI is InChI=1S/C18H28O13/c1-8(20)26-7-14-15(28-9(2)21)16(29-10(3)22)17(30-11(4)23)18(31-14)27-6-13(25)12(24)5-19/h12-19,24-25H,5-7H2,1-4H3/t12-,13+,14+,15+,16-,17-,18+/m0/s1. The van der Waals surface area contributed by atoms with Gasteiger partial charge in [0.2, 0.25) is 0 Å². The van der Waals surface area contributed by atoms with Crippen LogP contribution in [-0.4, -0.2) is 102 Å². The maximum absolute atomic E-state index is 11.7. The summed E-state index contributed by atoms with van der Waals surface area (Å²) in [4.78, 5) is 46.2. The number of hydrogen-bond donors (Lipinski definition) is 3. The van der Waals surface area contributed by atoms with Crippen molar-refractivity contribution in [2.24, 2.45) is 0 Å². The minimum atomic E-state index is -1.53. The lowest BCUT2D eigenvalue weighted by molar-refractivity contribution is -0.312. The van der Waals surface area contributed by atoms with Crippen LogP contribution in [0.1, 0.15) is 27.7 Å². The van der Waals surface area contributed by atoms with Gasteiger partial charge in [0.1, 0.15) is 24.9 Å². The maximum atomic E-state index is 11.7. The van der Waals surface area contributed by atoms with Gasteiger partial charge in [0.05, 0.1) is 13.2 Å². The van der Waals surface area contributed by atoms with Crippen LogP contribution >= 0.6 is 0 Å². The number of rotatable bonds is 10. The smallest absolute Gasteiger partial charge is 0.303 e. The second-order valence-corrected chi connectivity index (χ2v) is 6.72. The fraction of sp³-hybridized carbons (Fsp3) is 0.778. The van der Waals surface area contributed by atoms with Crippen molar-refractivity contribution >= 4 is 23.9 Å². The van der Waals surface area contributed by atoms with Crippen LogP contribution in [-0.2, 0) is 47.6 Å². The zero-order valence-electron chi connectivity index (χ0n) is 17.6. The van der Waals surface area contributed by atoms with Crippen LogP contribution in [0.2, 0.25) is 0 Å². The molecule has 0 bridgehead atoms. The van der Waals surface area contributed by atoms with E-state index in [0.29, 0.717) is 0 Å². The Bertz CT molecular complexity index is 636. The van der Waals surface area contributed by atoms with Crippen LogP contribution < -0.4 is 0 Å². The van der Waals surface area contributed by atoms with Gasteiger partial charge in [0.25, 0.3) is 0 Å². The van der Waals surface area contributed by atoms with Crippen LogP contribution in [0.3, 0.4) is 0 Å². The molecule has 31 heavy (non-hydrogen) atoms. The van der Waals surface area contributed by atoms with Crippen LogP contribution in [0, 0.1) is 0 Å². The van der Waals surface area contributed by atoms with E-state index in [1.54, 1.807) is 0 Å². The van der Waals surface area contributed by atoms with Crippen molar-refractivity contribution in [3.05, 3.63) is 0 Å². The fourth-order valence-electron chi connectivity index (χ4n) is 2.75. The van der Waals surface area contributed by atoms with E-state index in [9.17, 15) is 29.4 Å². The van der Waals surface area contributed by atoms with Crippen molar-refractivity contribution in [2.45, 2.75) is 70.6 Å². The van der Waals surface area contributed by atoms with Crippen LogP contribution in [0.25, 0.3) is 0 Å². The number of esters is 4. The number of carbonyl (C=O) groups excluding carboxylic acids is 4. The molecule has 1 aliphatic heterocycles. The van der Waals surface area contributed by atoms with Gasteiger partial charge in [-0.2, -0.15) is 0 Å². The SMILES string of the molecule is CC(=O)OC[C@H]1O[C@@H](OC[C@@H](O)[C@@H](O)CO)[C@@H](OC(C)=O)[C@@H](OC(C)=O)[C@@H]1OC(C)=O. The molecular formula is C18H28O13. The Kier molecular flexibility index (Phi) is 10.8. The molecule has 0 aromatic heterocycles. The lowest BCUT2D eigenvalue weighted by Crippen LogP contribution is -2.63. The molecule has 0 radical (unpaired) electrons. The van der Waals surface area contributed by atoms with Crippen molar-refractivity contribution < 1.29 is 62.9 Å². The Morgan fingerprint density at radius 1 is 0.806 bits per heavy atom. The molecule has 3 N–H and O–H groups in total. The molecule has 0 aromatic carbocycles. The topological polar surface area (TPSA) is 184 Å². The molecular weight excluding hydrogens is 424 g/mol. The quantitative estimate of drug-likeness (QED) is 0.240. The Labute approximate surface area is 178 Å². The Hall–Kier alpha value is -2.32. The van der Waals surface area contributed by atoms with Gasteiger partial charge >= 0.3 is 23.9 Å². The highest BCUT2D eigenvalue weighted by molar-refractivity contribution is 5.68. The van der Waals surface area contributed by atoms with Gasteiger partial charge in [-0.05, 0) is 0 Å². The zero-order chi connectivity index (χ0) is 23.7. The van der Waals surface area contributed by atoms with Gasteiger partial charge in [-0.15, -0.1) is 0 Å². The lowest BCUT2D eigenvalue weighted by Gasteiger charge is -2.44. The van der Waals surface area contributed by atoms with E-state index in [1.165, 1.54) is 0 Å². The van der Waals surface area contributed by atoms with Crippen molar-refractivity contribution in [1.82, 2.24) is 0 Å². The average molecular weight is 452 g/mol. The molecule has 0 aromatic rings. The van der Waals surface area contributed by atoms with E-state index in [4.69, 9.17) is 33.5 Å². The van der Waals surface area contributed by atoms with Gasteiger partial charge < -0.3 is 43.7 Å². The molecule has 0 aliphatic carbocycles. The maximum Gasteiger partial charge on any atom is 0.303 e. The summed E-state index contributed by atoms with van der Waals surface area (Å²) in [6, 6.07) is 0. The van der Waals surface area contributed by atoms with Gasteiger partial charge in [0, 0.05) is 27.7 Å². The summed E-state index contributed by atoms with van der Waals surface area (Å²) in [6.45, 7) is 2.61. The van der Waals surface area contributed by atoms with Crippen molar-refractivity contribution in [2.75, 3.05) is 19.8 Å². The van der Waals surface area contributed by atoms with Crippen molar-refractivity contribution in [3.63, 3.8) is 0 Å². The van der Waals surface area contributed by atoms with Crippen molar-refractivity contribution in [1.29, 1.82) is 0 Å². The summed E-state index contributed by atoms with van der Waals surface area (Å²) in [6.07, 6.45) is -9.93. The van der Waals surface area contributed by atoms with Gasteiger partial charge in [0.15, 0.2) is 24.6 Å². The normalized spacial score (nSPS) is 27.5. The Balaban J connectivity index is 3.24. The molecule has 0 spiro atoms. The molecule has 13 heteroatoms. The second kappa shape index (κ2) is 12.5. The molecule has 1 aliphatic rings. The molecule has 0 saturated carbocycles. The first-order valence-electron chi connectivity index (χ1n) is 9.35. The van der Waals surface area contributed by atoms with Gasteiger partial charge in [-0.25, -0.2) is 0 Å². The summed E-state index contributed by atoms with van der Waals surface area (Å²) in [5, 5.41) is 28.2. The van der Waals surface area contributed by atoms with E-state index < -0.39 is 86.6 Å². The highest BCUT2D eigenvalue weighted by Gasteiger charge is 2.52.